The van der Waals surface area contributed by atoms with Crippen LogP contribution >= 0.6 is 0 Å². The first-order chi connectivity index (χ1) is 13.9. The number of nitrogens with zero attached hydrogens (tertiary/aromatic N) is 1. The molecule has 2 aliphatic rings. The molecule has 4 rings (SSSR count). The second-order valence-corrected chi connectivity index (χ2v) is 7.01. The minimum Gasteiger partial charge on any atom is -0.633 e. The quantitative estimate of drug-likeness (QED) is 0.470. The van der Waals surface area contributed by atoms with Crippen LogP contribution in [-0.4, -0.2) is 12.8 Å². The molecule has 146 valence electrons. The van der Waals surface area contributed by atoms with Gasteiger partial charge < -0.3 is 17.9 Å². The van der Waals surface area contributed by atoms with Crippen molar-refractivity contribution in [3.05, 3.63) is 108 Å². The van der Waals surface area contributed by atoms with E-state index in [1.165, 1.54) is 17.2 Å². The van der Waals surface area contributed by atoms with E-state index in [1.807, 2.05) is 26.0 Å². The van der Waals surface area contributed by atoms with Gasteiger partial charge in [0.05, 0.1) is 5.76 Å². The molecular formula is C23H20BF2NO2. The summed E-state index contributed by atoms with van der Waals surface area (Å²) in [6.45, 7) is 4.09. The third-order valence-corrected chi connectivity index (χ3v) is 4.71. The molecule has 1 aliphatic carbocycles. The van der Waals surface area contributed by atoms with E-state index in [-0.39, 0.29) is 5.76 Å². The zero-order chi connectivity index (χ0) is 20.4. The van der Waals surface area contributed by atoms with E-state index in [1.54, 1.807) is 12.2 Å². The number of rotatable bonds is 2. The first-order valence-electron chi connectivity index (χ1n) is 9.35. The summed E-state index contributed by atoms with van der Waals surface area (Å²) < 4.78 is 37.8. The van der Waals surface area contributed by atoms with E-state index in [0.717, 1.165) is 23.3 Å². The SMILES string of the molecule is Cc1ccc([N+](=C2C=CC(=C3C=CO[B-](F)(F)O3)C=C2)c2ccc(C)cc2)cc1. The Labute approximate surface area is 168 Å². The first kappa shape index (κ1) is 18.9. The Morgan fingerprint density at radius 3 is 1.72 bits per heavy atom. The molecule has 0 spiro atoms. The largest absolute Gasteiger partial charge is 0.725 e. The van der Waals surface area contributed by atoms with E-state index in [9.17, 15) is 8.63 Å². The number of hydrogen-bond acceptors (Lipinski definition) is 2. The molecule has 0 fully saturated rings. The van der Waals surface area contributed by atoms with Gasteiger partial charge >= 0.3 is 7.11 Å². The summed E-state index contributed by atoms with van der Waals surface area (Å²) in [4.78, 5) is 0. The molecule has 1 aliphatic heterocycles. The molecule has 0 saturated carbocycles. The average Bonchev–Trinajstić information content (AvgIpc) is 2.71. The molecule has 2 aromatic carbocycles. The van der Waals surface area contributed by atoms with Gasteiger partial charge in [0.2, 0.25) is 17.1 Å². The smallest absolute Gasteiger partial charge is 0.633 e. The van der Waals surface area contributed by atoms with Crippen molar-refractivity contribution < 1.29 is 17.9 Å². The third-order valence-electron chi connectivity index (χ3n) is 4.71. The fourth-order valence-corrected chi connectivity index (χ4v) is 3.18. The Morgan fingerprint density at radius 1 is 0.724 bits per heavy atom. The highest BCUT2D eigenvalue weighted by Crippen LogP contribution is 2.27. The van der Waals surface area contributed by atoms with Crippen LogP contribution in [0.3, 0.4) is 0 Å². The number of hydrogen-bond donors (Lipinski definition) is 0. The van der Waals surface area contributed by atoms with Gasteiger partial charge in [0.15, 0.2) is 0 Å². The fourth-order valence-electron chi connectivity index (χ4n) is 3.18. The highest BCUT2D eigenvalue weighted by atomic mass is 19.3. The summed E-state index contributed by atoms with van der Waals surface area (Å²) in [6.07, 6.45) is 9.67. The first-order valence-corrected chi connectivity index (χ1v) is 9.35. The van der Waals surface area contributed by atoms with Crippen LogP contribution in [0.15, 0.2) is 96.5 Å². The van der Waals surface area contributed by atoms with Crippen molar-refractivity contribution in [2.24, 2.45) is 0 Å². The molecular weight excluding hydrogens is 371 g/mol. The zero-order valence-electron chi connectivity index (χ0n) is 16.2. The van der Waals surface area contributed by atoms with Crippen LogP contribution < -0.4 is 4.58 Å². The molecule has 6 heteroatoms. The predicted molar refractivity (Wildman–Crippen MR) is 113 cm³/mol. The van der Waals surface area contributed by atoms with Gasteiger partial charge in [-0.3, -0.25) is 0 Å². The molecule has 0 unspecified atom stereocenters. The normalized spacial score (nSPS) is 17.2. The number of aryl methyl sites for hydroxylation is 2. The highest BCUT2D eigenvalue weighted by Gasteiger charge is 2.35. The van der Waals surface area contributed by atoms with Gasteiger partial charge in [0.1, 0.15) is 0 Å². The minimum atomic E-state index is -4.31. The van der Waals surface area contributed by atoms with E-state index in [4.69, 9.17) is 0 Å². The van der Waals surface area contributed by atoms with Crippen LogP contribution in [0.5, 0.6) is 0 Å². The van der Waals surface area contributed by atoms with Gasteiger partial charge in [-0.25, -0.2) is 0 Å². The predicted octanol–water partition coefficient (Wildman–Crippen LogP) is 5.89. The molecule has 0 amide bonds. The van der Waals surface area contributed by atoms with Crippen molar-refractivity contribution in [2.75, 3.05) is 0 Å². The number of halogens is 2. The minimum absolute atomic E-state index is 0.0880. The lowest BCUT2D eigenvalue weighted by molar-refractivity contribution is 0.159. The maximum absolute atomic E-state index is 13.4. The third kappa shape index (κ3) is 4.21. The second kappa shape index (κ2) is 7.55. The van der Waals surface area contributed by atoms with Crippen LogP contribution in [0.4, 0.5) is 20.0 Å². The lowest BCUT2D eigenvalue weighted by atomic mass is 10.0. The summed E-state index contributed by atoms with van der Waals surface area (Å²) in [5, 5.41) is 0. The van der Waals surface area contributed by atoms with Crippen LogP contribution in [0.25, 0.3) is 0 Å². The van der Waals surface area contributed by atoms with Crippen molar-refractivity contribution >= 4 is 24.2 Å². The molecule has 3 nitrogen and oxygen atoms in total. The van der Waals surface area contributed by atoms with Crippen molar-refractivity contribution in [3.8, 4) is 0 Å². The van der Waals surface area contributed by atoms with Gasteiger partial charge in [-0.05, 0) is 26.0 Å². The summed E-state index contributed by atoms with van der Waals surface area (Å²) in [6, 6.07) is 16.5. The zero-order valence-corrected chi connectivity index (χ0v) is 16.2. The summed E-state index contributed by atoms with van der Waals surface area (Å²) >= 11 is 0. The van der Waals surface area contributed by atoms with E-state index in [0.29, 0.717) is 5.57 Å². The molecule has 0 bridgehead atoms. The molecule has 0 aromatic heterocycles. The Hall–Kier alpha value is -3.41. The molecule has 2 aromatic rings. The van der Waals surface area contributed by atoms with Gasteiger partial charge in [0.25, 0.3) is 0 Å². The van der Waals surface area contributed by atoms with Crippen LogP contribution in [-0.2, 0) is 9.31 Å². The van der Waals surface area contributed by atoms with Crippen LogP contribution in [0.1, 0.15) is 11.1 Å². The standard InChI is InChI=1S/C23H20BF2NO2/c1-17-3-9-20(10-4-17)27(21-11-5-18(2)6-12-21)22-13-7-19(8-14-22)23-15-16-28-24(25,26)29-23/h3-16H,1-2H3. The summed E-state index contributed by atoms with van der Waals surface area (Å²) in [7, 11) is -4.31. The molecule has 0 N–H and O–H groups in total. The van der Waals surface area contributed by atoms with Crippen molar-refractivity contribution in [3.63, 3.8) is 0 Å². The Bertz CT molecular complexity index is 1010. The number of benzene rings is 2. The van der Waals surface area contributed by atoms with Crippen molar-refractivity contribution in [1.82, 2.24) is 4.58 Å². The van der Waals surface area contributed by atoms with Gasteiger partial charge in [0, 0.05) is 54.3 Å². The summed E-state index contributed by atoms with van der Waals surface area (Å²) in [5.74, 6) is 0.0880. The van der Waals surface area contributed by atoms with Crippen molar-refractivity contribution in [1.29, 1.82) is 0 Å². The van der Waals surface area contributed by atoms with Crippen LogP contribution in [0.2, 0.25) is 0 Å². The molecule has 0 atom stereocenters. The van der Waals surface area contributed by atoms with E-state index < -0.39 is 7.11 Å². The lowest BCUT2D eigenvalue weighted by Gasteiger charge is -2.31. The lowest BCUT2D eigenvalue weighted by Crippen LogP contribution is -2.32. The second-order valence-electron chi connectivity index (χ2n) is 7.01. The topological polar surface area (TPSA) is 21.5 Å². The average molecular weight is 391 g/mol. The van der Waals surface area contributed by atoms with E-state index >= 15 is 0 Å². The van der Waals surface area contributed by atoms with E-state index in [2.05, 4.69) is 62.4 Å². The monoisotopic (exact) mass is 391 g/mol. The summed E-state index contributed by atoms with van der Waals surface area (Å²) in [5.41, 5.74) is 5.85. The Kier molecular flexibility index (Phi) is 4.93. The van der Waals surface area contributed by atoms with Gasteiger partial charge in [-0.15, -0.1) is 0 Å². The fraction of sp³-hybridized carbons (Fsp3) is 0.0870. The molecule has 0 radical (unpaired) electrons. The van der Waals surface area contributed by atoms with Crippen molar-refractivity contribution in [2.45, 2.75) is 13.8 Å². The Morgan fingerprint density at radius 2 is 1.24 bits per heavy atom. The molecule has 0 saturated heterocycles. The van der Waals surface area contributed by atoms with Crippen LogP contribution in [0, 0.1) is 13.8 Å². The molecule has 29 heavy (non-hydrogen) atoms. The molecule has 1 heterocycles. The van der Waals surface area contributed by atoms with Gasteiger partial charge in [-0.2, -0.15) is 4.58 Å². The maximum atomic E-state index is 13.4. The maximum Gasteiger partial charge on any atom is 0.725 e. The van der Waals surface area contributed by atoms with Gasteiger partial charge in [-0.1, -0.05) is 35.4 Å². The number of allylic oxidation sites excluding steroid dienone is 6. The Balaban J connectivity index is 1.78. The highest BCUT2D eigenvalue weighted by molar-refractivity contribution is 6.52.